The Kier molecular flexibility index (Phi) is 5.71. The summed E-state index contributed by atoms with van der Waals surface area (Å²) in [6.07, 6.45) is 2.29. The van der Waals surface area contributed by atoms with Gasteiger partial charge < -0.3 is 15.8 Å². The van der Waals surface area contributed by atoms with Gasteiger partial charge in [-0.3, -0.25) is 4.99 Å². The average molecular weight is 337 g/mol. The van der Waals surface area contributed by atoms with Crippen molar-refractivity contribution in [1.82, 2.24) is 0 Å². The third-order valence-electron chi connectivity index (χ3n) is 4.85. The molecule has 0 spiro atoms. The van der Waals surface area contributed by atoms with Crippen LogP contribution < -0.4 is 11.1 Å². The van der Waals surface area contributed by atoms with Gasteiger partial charge in [0.15, 0.2) is 5.96 Å². The number of aliphatic imine (C=N–C) groups is 1. The number of ether oxygens (including phenoxy) is 1. The summed E-state index contributed by atoms with van der Waals surface area (Å²) in [7, 11) is 0. The maximum atomic E-state index is 6.09. The molecular weight excluding hydrogens is 310 g/mol. The fourth-order valence-electron chi connectivity index (χ4n) is 3.26. The number of guanidine groups is 1. The van der Waals surface area contributed by atoms with Gasteiger partial charge in [-0.25, -0.2) is 0 Å². The average Bonchev–Trinajstić information content (AvgIpc) is 2.64. The summed E-state index contributed by atoms with van der Waals surface area (Å²) < 4.78 is 6.03. The van der Waals surface area contributed by atoms with Crippen LogP contribution in [0.5, 0.6) is 0 Å². The summed E-state index contributed by atoms with van der Waals surface area (Å²) in [6.45, 7) is 5.68. The minimum Gasteiger partial charge on any atom is -0.373 e. The minimum atomic E-state index is 0.105. The van der Waals surface area contributed by atoms with Crippen LogP contribution in [0.3, 0.4) is 0 Å². The van der Waals surface area contributed by atoms with E-state index in [1.165, 1.54) is 16.7 Å². The van der Waals surface area contributed by atoms with Gasteiger partial charge in [-0.2, -0.15) is 0 Å². The van der Waals surface area contributed by atoms with Crippen LogP contribution in [-0.2, 0) is 4.74 Å². The molecule has 1 aliphatic heterocycles. The molecule has 3 rings (SSSR count). The molecule has 2 atom stereocenters. The molecule has 2 aromatic carbocycles. The van der Waals surface area contributed by atoms with Crippen molar-refractivity contribution in [2.24, 2.45) is 16.6 Å². The van der Waals surface area contributed by atoms with Crippen LogP contribution in [0.2, 0.25) is 0 Å². The van der Waals surface area contributed by atoms with Crippen molar-refractivity contribution in [3.05, 3.63) is 65.2 Å². The Morgan fingerprint density at radius 1 is 1.16 bits per heavy atom. The van der Waals surface area contributed by atoms with Crippen molar-refractivity contribution in [2.75, 3.05) is 18.5 Å². The number of rotatable bonds is 4. The Balaban J connectivity index is 1.65. The number of nitrogens with zero attached hydrogens (tertiary/aromatic N) is 1. The van der Waals surface area contributed by atoms with Gasteiger partial charge in [0.1, 0.15) is 0 Å². The van der Waals surface area contributed by atoms with Crippen LogP contribution in [0, 0.1) is 19.8 Å². The first kappa shape index (κ1) is 17.5. The Bertz CT molecular complexity index is 727. The number of aryl methyl sites for hydroxylation is 2. The smallest absolute Gasteiger partial charge is 0.193 e. The van der Waals surface area contributed by atoms with E-state index in [2.05, 4.69) is 60.6 Å². The monoisotopic (exact) mass is 337 g/mol. The van der Waals surface area contributed by atoms with Crippen LogP contribution in [0.25, 0.3) is 0 Å². The second kappa shape index (κ2) is 8.17. The van der Waals surface area contributed by atoms with Gasteiger partial charge in [0.05, 0.1) is 6.10 Å². The number of nitrogens with two attached hydrogens (primary N) is 1. The largest absolute Gasteiger partial charge is 0.373 e. The first-order chi connectivity index (χ1) is 12.1. The number of nitrogens with one attached hydrogen (secondary N) is 1. The van der Waals surface area contributed by atoms with E-state index in [-0.39, 0.29) is 6.10 Å². The minimum absolute atomic E-state index is 0.105. The van der Waals surface area contributed by atoms with E-state index in [1.807, 2.05) is 12.1 Å². The third-order valence-corrected chi connectivity index (χ3v) is 4.85. The van der Waals surface area contributed by atoms with E-state index in [9.17, 15) is 0 Å². The Morgan fingerprint density at radius 3 is 2.72 bits per heavy atom. The van der Waals surface area contributed by atoms with E-state index in [4.69, 9.17) is 10.5 Å². The Labute approximate surface area is 150 Å². The van der Waals surface area contributed by atoms with E-state index < -0.39 is 0 Å². The molecule has 25 heavy (non-hydrogen) atoms. The first-order valence-electron chi connectivity index (χ1n) is 8.94. The molecule has 4 heteroatoms. The molecule has 0 aromatic heterocycles. The predicted octanol–water partition coefficient (Wildman–Crippen LogP) is 4.20. The summed E-state index contributed by atoms with van der Waals surface area (Å²) in [5.41, 5.74) is 10.8. The van der Waals surface area contributed by atoms with E-state index in [0.29, 0.717) is 18.4 Å². The maximum absolute atomic E-state index is 6.09. The number of hydrogen-bond donors (Lipinski definition) is 2. The lowest BCUT2D eigenvalue weighted by Crippen LogP contribution is -2.28. The molecule has 0 radical (unpaired) electrons. The summed E-state index contributed by atoms with van der Waals surface area (Å²) in [6, 6.07) is 16.6. The highest BCUT2D eigenvalue weighted by atomic mass is 16.5. The van der Waals surface area contributed by atoms with Crippen molar-refractivity contribution in [3.63, 3.8) is 0 Å². The van der Waals surface area contributed by atoms with Crippen molar-refractivity contribution in [1.29, 1.82) is 0 Å². The molecule has 3 N–H and O–H groups in total. The van der Waals surface area contributed by atoms with Gasteiger partial charge >= 0.3 is 0 Å². The van der Waals surface area contributed by atoms with Gasteiger partial charge in [-0.05, 0) is 55.5 Å². The second-order valence-corrected chi connectivity index (χ2v) is 6.75. The van der Waals surface area contributed by atoms with Crippen molar-refractivity contribution < 1.29 is 4.74 Å². The zero-order valence-corrected chi connectivity index (χ0v) is 15.0. The van der Waals surface area contributed by atoms with E-state index in [1.54, 1.807) is 0 Å². The molecule has 4 nitrogen and oxygen atoms in total. The molecule has 0 aliphatic carbocycles. The fraction of sp³-hybridized carbons (Fsp3) is 0.381. The molecule has 2 aromatic rings. The lowest BCUT2D eigenvalue weighted by Gasteiger charge is -2.31. The SMILES string of the molecule is Cc1ccc(NC(N)=NCC2CCCOC2c2ccccc2)cc1C. The second-order valence-electron chi connectivity index (χ2n) is 6.75. The molecule has 1 aliphatic rings. The molecule has 1 fully saturated rings. The quantitative estimate of drug-likeness (QED) is 0.649. The predicted molar refractivity (Wildman–Crippen MR) is 104 cm³/mol. The number of anilines is 1. The molecule has 0 amide bonds. The zero-order valence-electron chi connectivity index (χ0n) is 15.0. The molecular formula is C21H27N3O. The Hall–Kier alpha value is -2.33. The molecule has 1 heterocycles. The topological polar surface area (TPSA) is 59.6 Å². The van der Waals surface area contributed by atoms with Crippen molar-refractivity contribution in [3.8, 4) is 0 Å². The molecule has 132 valence electrons. The van der Waals surface area contributed by atoms with Crippen LogP contribution in [-0.4, -0.2) is 19.1 Å². The molecule has 0 bridgehead atoms. The summed E-state index contributed by atoms with van der Waals surface area (Å²) in [4.78, 5) is 4.57. The highest BCUT2D eigenvalue weighted by Gasteiger charge is 2.27. The highest BCUT2D eigenvalue weighted by Crippen LogP contribution is 2.33. The lowest BCUT2D eigenvalue weighted by atomic mass is 9.89. The van der Waals surface area contributed by atoms with Crippen LogP contribution >= 0.6 is 0 Å². The third kappa shape index (κ3) is 4.60. The van der Waals surface area contributed by atoms with E-state index in [0.717, 1.165) is 25.1 Å². The lowest BCUT2D eigenvalue weighted by molar-refractivity contribution is -0.0249. The van der Waals surface area contributed by atoms with Crippen LogP contribution in [0.1, 0.15) is 35.6 Å². The highest BCUT2D eigenvalue weighted by molar-refractivity contribution is 5.92. The zero-order chi connectivity index (χ0) is 17.6. The summed E-state index contributed by atoms with van der Waals surface area (Å²) in [5, 5.41) is 3.19. The van der Waals surface area contributed by atoms with Gasteiger partial charge in [-0.1, -0.05) is 36.4 Å². The van der Waals surface area contributed by atoms with Crippen molar-refractivity contribution >= 4 is 11.6 Å². The standard InChI is InChI=1S/C21H27N3O/c1-15-10-11-19(13-16(15)2)24-21(22)23-14-18-9-6-12-25-20(18)17-7-4-3-5-8-17/h3-5,7-8,10-11,13,18,20H,6,9,12,14H2,1-2H3,(H3,22,23,24). The normalized spacial score (nSPS) is 21.1. The number of benzene rings is 2. The molecule has 0 saturated carbocycles. The molecule has 1 saturated heterocycles. The van der Waals surface area contributed by atoms with Crippen LogP contribution in [0.15, 0.2) is 53.5 Å². The van der Waals surface area contributed by atoms with Gasteiger partial charge in [0, 0.05) is 24.8 Å². The summed E-state index contributed by atoms with van der Waals surface area (Å²) >= 11 is 0. The fourth-order valence-corrected chi connectivity index (χ4v) is 3.26. The van der Waals surface area contributed by atoms with Gasteiger partial charge in [0.2, 0.25) is 0 Å². The first-order valence-corrected chi connectivity index (χ1v) is 8.94. The maximum Gasteiger partial charge on any atom is 0.193 e. The number of hydrogen-bond acceptors (Lipinski definition) is 2. The summed E-state index contributed by atoms with van der Waals surface area (Å²) in [5.74, 6) is 0.817. The van der Waals surface area contributed by atoms with Gasteiger partial charge in [-0.15, -0.1) is 0 Å². The van der Waals surface area contributed by atoms with Crippen molar-refractivity contribution in [2.45, 2.75) is 32.8 Å². The molecule has 2 unspecified atom stereocenters. The van der Waals surface area contributed by atoms with Crippen LogP contribution in [0.4, 0.5) is 5.69 Å². The van der Waals surface area contributed by atoms with Gasteiger partial charge in [0.25, 0.3) is 0 Å². The van der Waals surface area contributed by atoms with E-state index >= 15 is 0 Å². The Morgan fingerprint density at radius 2 is 1.96 bits per heavy atom.